The first-order valence-corrected chi connectivity index (χ1v) is 7.84. The first-order chi connectivity index (χ1) is 8.78. The average Bonchev–Trinajstić information content (AvgIpc) is 3.14. The van der Waals surface area contributed by atoms with E-state index in [4.69, 9.17) is 0 Å². The molecule has 102 valence electrons. The van der Waals surface area contributed by atoms with E-state index in [0.717, 1.165) is 18.9 Å². The van der Waals surface area contributed by atoms with Crippen molar-refractivity contribution < 1.29 is 4.79 Å². The van der Waals surface area contributed by atoms with Crippen LogP contribution in [0.25, 0.3) is 0 Å². The van der Waals surface area contributed by atoms with Crippen molar-refractivity contribution in [2.24, 2.45) is 5.92 Å². The van der Waals surface area contributed by atoms with Crippen molar-refractivity contribution in [1.82, 2.24) is 10.2 Å². The second-order valence-electron chi connectivity index (χ2n) is 6.41. The number of amides is 1. The second-order valence-corrected chi connectivity index (χ2v) is 6.41. The summed E-state index contributed by atoms with van der Waals surface area (Å²) in [7, 11) is 0. The Balaban J connectivity index is 1.57. The van der Waals surface area contributed by atoms with E-state index < -0.39 is 0 Å². The van der Waals surface area contributed by atoms with Crippen LogP contribution in [0.1, 0.15) is 58.3 Å². The fraction of sp³-hybridized carbons (Fsp3) is 0.933. The van der Waals surface area contributed by atoms with Gasteiger partial charge in [-0.25, -0.2) is 0 Å². The molecule has 3 nitrogen and oxygen atoms in total. The van der Waals surface area contributed by atoms with Crippen LogP contribution < -0.4 is 5.32 Å². The van der Waals surface area contributed by atoms with Crippen molar-refractivity contribution in [2.75, 3.05) is 6.54 Å². The summed E-state index contributed by atoms with van der Waals surface area (Å²) < 4.78 is 0. The van der Waals surface area contributed by atoms with Crippen LogP contribution in [0.5, 0.6) is 0 Å². The van der Waals surface area contributed by atoms with E-state index in [-0.39, 0.29) is 6.04 Å². The fourth-order valence-corrected chi connectivity index (χ4v) is 3.67. The lowest BCUT2D eigenvalue weighted by Crippen LogP contribution is -2.45. The van der Waals surface area contributed by atoms with Gasteiger partial charge in [0, 0.05) is 18.6 Å². The number of carbonyl (C=O) groups excluding carboxylic acids is 1. The lowest BCUT2D eigenvalue weighted by molar-refractivity contribution is -0.132. The zero-order chi connectivity index (χ0) is 12.5. The minimum atomic E-state index is 0.138. The largest absolute Gasteiger partial charge is 0.338 e. The predicted octanol–water partition coefficient (Wildman–Crippen LogP) is 2.31. The van der Waals surface area contributed by atoms with Gasteiger partial charge in [0.2, 0.25) is 5.91 Å². The number of hydrogen-bond donors (Lipinski definition) is 1. The summed E-state index contributed by atoms with van der Waals surface area (Å²) in [5.41, 5.74) is 0. The Kier molecular flexibility index (Phi) is 3.60. The van der Waals surface area contributed by atoms with E-state index in [9.17, 15) is 4.79 Å². The van der Waals surface area contributed by atoms with Gasteiger partial charge in [0.1, 0.15) is 0 Å². The molecular formula is C15H26N2O. The highest BCUT2D eigenvalue weighted by Gasteiger charge is 2.39. The molecule has 18 heavy (non-hydrogen) atoms. The lowest BCUT2D eigenvalue weighted by Gasteiger charge is -2.35. The van der Waals surface area contributed by atoms with Crippen molar-refractivity contribution in [3.05, 3.63) is 0 Å². The van der Waals surface area contributed by atoms with Gasteiger partial charge in [-0.3, -0.25) is 4.79 Å². The molecule has 0 aromatic carbocycles. The number of nitrogens with one attached hydrogen (secondary N) is 1. The molecule has 3 rings (SSSR count). The fourth-order valence-electron chi connectivity index (χ4n) is 3.67. The predicted molar refractivity (Wildman–Crippen MR) is 72.3 cm³/mol. The van der Waals surface area contributed by atoms with E-state index in [1.54, 1.807) is 0 Å². The Labute approximate surface area is 110 Å². The number of hydrogen-bond acceptors (Lipinski definition) is 2. The summed E-state index contributed by atoms with van der Waals surface area (Å²) >= 11 is 0. The number of rotatable bonds is 4. The Bertz CT molecular complexity index is 314. The van der Waals surface area contributed by atoms with Crippen molar-refractivity contribution >= 4 is 5.91 Å². The molecule has 1 heterocycles. The van der Waals surface area contributed by atoms with Crippen LogP contribution in [-0.2, 0) is 4.79 Å². The molecule has 1 amide bonds. The van der Waals surface area contributed by atoms with Crippen LogP contribution >= 0.6 is 0 Å². The van der Waals surface area contributed by atoms with Gasteiger partial charge in [-0.2, -0.15) is 0 Å². The standard InChI is InChI=1S/C15H26N2O/c1-2-11-4-3-5-13(10-11)17-9-8-14(15(17)18)16-12-6-7-12/h11-14,16H,2-10H2,1H3. The summed E-state index contributed by atoms with van der Waals surface area (Å²) in [5, 5.41) is 3.51. The summed E-state index contributed by atoms with van der Waals surface area (Å²) in [5.74, 6) is 1.25. The highest BCUT2D eigenvalue weighted by atomic mass is 16.2. The minimum Gasteiger partial charge on any atom is -0.338 e. The molecular weight excluding hydrogens is 224 g/mol. The normalized spacial score (nSPS) is 37.3. The maximum Gasteiger partial charge on any atom is 0.240 e. The zero-order valence-corrected chi connectivity index (χ0v) is 11.5. The minimum absolute atomic E-state index is 0.138. The average molecular weight is 250 g/mol. The Morgan fingerprint density at radius 2 is 2.06 bits per heavy atom. The number of carbonyl (C=O) groups is 1. The Hall–Kier alpha value is -0.570. The molecule has 0 aromatic heterocycles. The third kappa shape index (κ3) is 2.56. The molecule has 3 fully saturated rings. The van der Waals surface area contributed by atoms with Gasteiger partial charge in [0.05, 0.1) is 6.04 Å². The molecule has 3 aliphatic rings. The van der Waals surface area contributed by atoms with E-state index in [2.05, 4.69) is 17.1 Å². The van der Waals surface area contributed by atoms with Crippen molar-refractivity contribution in [3.63, 3.8) is 0 Å². The molecule has 3 atom stereocenters. The van der Waals surface area contributed by atoms with Crippen LogP contribution in [0.3, 0.4) is 0 Å². The van der Waals surface area contributed by atoms with Crippen LogP contribution in [0.2, 0.25) is 0 Å². The highest BCUT2D eigenvalue weighted by Crippen LogP contribution is 2.32. The highest BCUT2D eigenvalue weighted by molar-refractivity contribution is 5.84. The Morgan fingerprint density at radius 3 is 2.78 bits per heavy atom. The first kappa shape index (κ1) is 12.5. The van der Waals surface area contributed by atoms with Crippen molar-refractivity contribution in [3.8, 4) is 0 Å². The van der Waals surface area contributed by atoms with Gasteiger partial charge in [0.15, 0.2) is 0 Å². The molecule has 0 spiro atoms. The lowest BCUT2D eigenvalue weighted by atomic mass is 9.83. The van der Waals surface area contributed by atoms with Gasteiger partial charge in [-0.05, 0) is 38.0 Å². The van der Waals surface area contributed by atoms with Crippen LogP contribution in [0.15, 0.2) is 0 Å². The van der Waals surface area contributed by atoms with Crippen molar-refractivity contribution in [1.29, 1.82) is 0 Å². The molecule has 3 unspecified atom stereocenters. The van der Waals surface area contributed by atoms with Crippen molar-refractivity contribution in [2.45, 2.75) is 76.4 Å². The van der Waals surface area contributed by atoms with E-state index in [1.807, 2.05) is 0 Å². The van der Waals surface area contributed by atoms with Crippen LogP contribution in [0.4, 0.5) is 0 Å². The molecule has 1 saturated heterocycles. The maximum absolute atomic E-state index is 12.4. The summed E-state index contributed by atoms with van der Waals surface area (Å²) in [4.78, 5) is 14.6. The van der Waals surface area contributed by atoms with Crippen LogP contribution in [-0.4, -0.2) is 35.5 Å². The van der Waals surface area contributed by atoms with Gasteiger partial charge in [0.25, 0.3) is 0 Å². The summed E-state index contributed by atoms with van der Waals surface area (Å²) in [6, 6.07) is 1.33. The third-order valence-corrected chi connectivity index (χ3v) is 5.03. The van der Waals surface area contributed by atoms with E-state index in [1.165, 1.54) is 44.9 Å². The van der Waals surface area contributed by atoms with Gasteiger partial charge in [-0.1, -0.05) is 26.2 Å². The quantitative estimate of drug-likeness (QED) is 0.830. The molecule has 0 aromatic rings. The number of nitrogens with zero attached hydrogens (tertiary/aromatic N) is 1. The molecule has 0 bridgehead atoms. The van der Waals surface area contributed by atoms with Crippen LogP contribution in [0, 0.1) is 5.92 Å². The molecule has 0 radical (unpaired) electrons. The third-order valence-electron chi connectivity index (χ3n) is 5.03. The Morgan fingerprint density at radius 1 is 1.22 bits per heavy atom. The summed E-state index contributed by atoms with van der Waals surface area (Å²) in [6.07, 6.45) is 10.0. The first-order valence-electron chi connectivity index (χ1n) is 7.84. The SMILES string of the molecule is CCC1CCCC(N2CCC(NC3CC3)C2=O)C1. The zero-order valence-electron chi connectivity index (χ0n) is 11.5. The topological polar surface area (TPSA) is 32.3 Å². The number of likely N-dealkylation sites (tertiary alicyclic amines) is 1. The van der Waals surface area contributed by atoms with E-state index in [0.29, 0.717) is 18.0 Å². The molecule has 3 heteroatoms. The maximum atomic E-state index is 12.4. The smallest absolute Gasteiger partial charge is 0.240 e. The molecule has 1 aliphatic heterocycles. The molecule has 2 saturated carbocycles. The van der Waals surface area contributed by atoms with Gasteiger partial charge in [-0.15, -0.1) is 0 Å². The van der Waals surface area contributed by atoms with E-state index >= 15 is 0 Å². The van der Waals surface area contributed by atoms with Gasteiger partial charge < -0.3 is 10.2 Å². The monoisotopic (exact) mass is 250 g/mol. The van der Waals surface area contributed by atoms with Gasteiger partial charge >= 0.3 is 0 Å². The molecule has 2 aliphatic carbocycles. The molecule has 1 N–H and O–H groups in total. The summed E-state index contributed by atoms with van der Waals surface area (Å²) in [6.45, 7) is 3.28. The second kappa shape index (κ2) is 5.20.